The second-order valence-electron chi connectivity index (χ2n) is 7.75. The van der Waals surface area contributed by atoms with E-state index < -0.39 is 0 Å². The summed E-state index contributed by atoms with van der Waals surface area (Å²) in [7, 11) is 1.58. The molecule has 2 aliphatic heterocycles. The van der Waals surface area contributed by atoms with Crippen molar-refractivity contribution in [2.45, 2.75) is 38.3 Å². The molecule has 1 amide bonds. The van der Waals surface area contributed by atoms with Gasteiger partial charge in [0.1, 0.15) is 6.61 Å². The van der Waals surface area contributed by atoms with Gasteiger partial charge in [0.15, 0.2) is 0 Å². The Morgan fingerprint density at radius 1 is 1.22 bits per heavy atom. The van der Waals surface area contributed by atoms with E-state index in [-0.39, 0.29) is 18.1 Å². The Labute approximate surface area is 160 Å². The summed E-state index contributed by atoms with van der Waals surface area (Å²) in [6, 6.07) is 8.76. The molecule has 4 rings (SSSR count). The van der Waals surface area contributed by atoms with Crippen molar-refractivity contribution in [3.8, 4) is 0 Å². The highest BCUT2D eigenvalue weighted by Gasteiger charge is 2.48. The molecule has 0 saturated carbocycles. The lowest BCUT2D eigenvalue weighted by molar-refractivity contribution is -0.146. The summed E-state index contributed by atoms with van der Waals surface area (Å²) >= 11 is 0. The van der Waals surface area contributed by atoms with Crippen LogP contribution in [-0.2, 0) is 28.0 Å². The molecule has 0 unspecified atom stereocenters. The number of aromatic nitrogens is 2. The van der Waals surface area contributed by atoms with Gasteiger partial charge in [-0.3, -0.25) is 9.69 Å². The van der Waals surface area contributed by atoms with Gasteiger partial charge in [0.25, 0.3) is 0 Å². The minimum atomic E-state index is -0.299. The summed E-state index contributed by atoms with van der Waals surface area (Å²) in [5, 5.41) is 0. The number of ether oxygens (including phenoxy) is 1. The van der Waals surface area contributed by atoms with E-state index in [1.807, 2.05) is 4.90 Å². The van der Waals surface area contributed by atoms with E-state index in [0.717, 1.165) is 51.1 Å². The Balaban J connectivity index is 1.53. The first-order valence-corrected chi connectivity index (χ1v) is 9.72. The Bertz CT molecular complexity index is 791. The maximum Gasteiger partial charge on any atom is 0.249 e. The SMILES string of the molecule is COCC(=O)N1CCc2[nH]cnc2C12CCN(Cc1ccc(C)cc1)CC2. The lowest BCUT2D eigenvalue weighted by Gasteiger charge is -2.50. The first-order valence-electron chi connectivity index (χ1n) is 9.72. The van der Waals surface area contributed by atoms with Crippen LogP contribution in [0.25, 0.3) is 0 Å². The van der Waals surface area contributed by atoms with Crippen molar-refractivity contribution in [3.63, 3.8) is 0 Å². The number of aromatic amines is 1. The van der Waals surface area contributed by atoms with Crippen LogP contribution in [0.1, 0.15) is 35.4 Å². The molecule has 1 saturated heterocycles. The molecule has 3 heterocycles. The smallest absolute Gasteiger partial charge is 0.249 e. The van der Waals surface area contributed by atoms with E-state index in [9.17, 15) is 4.79 Å². The van der Waals surface area contributed by atoms with Crippen LogP contribution in [0.4, 0.5) is 0 Å². The second-order valence-corrected chi connectivity index (χ2v) is 7.75. The molecule has 1 spiro atoms. The fraction of sp³-hybridized carbons (Fsp3) is 0.524. The molecule has 6 nitrogen and oxygen atoms in total. The van der Waals surface area contributed by atoms with Crippen molar-refractivity contribution < 1.29 is 9.53 Å². The van der Waals surface area contributed by atoms with Gasteiger partial charge < -0.3 is 14.6 Å². The lowest BCUT2D eigenvalue weighted by atomic mass is 9.78. The van der Waals surface area contributed by atoms with Crippen LogP contribution in [-0.4, -0.2) is 59.0 Å². The first-order chi connectivity index (χ1) is 13.1. The molecule has 1 aromatic carbocycles. The van der Waals surface area contributed by atoms with Crippen LogP contribution in [0.15, 0.2) is 30.6 Å². The standard InChI is InChI=1S/C21H28N4O2/c1-16-3-5-17(6-4-16)13-24-11-8-21(9-12-24)20-18(22-15-23-20)7-10-25(21)19(26)14-27-2/h3-6,15H,7-14H2,1-2H3,(H,22,23). The Morgan fingerprint density at radius 2 is 1.96 bits per heavy atom. The van der Waals surface area contributed by atoms with Crippen LogP contribution in [0.5, 0.6) is 0 Å². The molecule has 0 radical (unpaired) electrons. The average molecular weight is 368 g/mol. The number of benzene rings is 1. The van der Waals surface area contributed by atoms with Crippen LogP contribution < -0.4 is 0 Å². The van der Waals surface area contributed by atoms with Gasteiger partial charge in [0, 0.05) is 45.4 Å². The Morgan fingerprint density at radius 3 is 2.67 bits per heavy atom. The van der Waals surface area contributed by atoms with Crippen LogP contribution in [0.2, 0.25) is 0 Å². The highest BCUT2D eigenvalue weighted by atomic mass is 16.5. The zero-order valence-corrected chi connectivity index (χ0v) is 16.2. The number of methoxy groups -OCH3 is 1. The van der Waals surface area contributed by atoms with E-state index in [0.29, 0.717) is 0 Å². The zero-order valence-electron chi connectivity index (χ0n) is 16.2. The highest BCUT2D eigenvalue weighted by molar-refractivity contribution is 5.79. The number of H-pyrrole nitrogens is 1. The lowest BCUT2D eigenvalue weighted by Crippen LogP contribution is -2.58. The number of nitrogens with one attached hydrogen (secondary N) is 1. The third kappa shape index (κ3) is 3.39. The van der Waals surface area contributed by atoms with E-state index >= 15 is 0 Å². The van der Waals surface area contributed by atoms with Crippen LogP contribution in [0, 0.1) is 6.92 Å². The van der Waals surface area contributed by atoms with E-state index in [4.69, 9.17) is 4.74 Å². The summed E-state index contributed by atoms with van der Waals surface area (Å²) in [6.45, 7) is 5.85. The zero-order chi connectivity index (χ0) is 18.9. The topological polar surface area (TPSA) is 61.5 Å². The number of amides is 1. The van der Waals surface area contributed by atoms with Crippen LogP contribution in [0.3, 0.4) is 0 Å². The molecule has 1 N–H and O–H groups in total. The van der Waals surface area contributed by atoms with Crippen molar-refractivity contribution in [2.24, 2.45) is 0 Å². The molecular weight excluding hydrogens is 340 g/mol. The van der Waals surface area contributed by atoms with Crippen molar-refractivity contribution in [2.75, 3.05) is 33.4 Å². The molecule has 2 aliphatic rings. The number of hydrogen-bond acceptors (Lipinski definition) is 4. The molecule has 0 atom stereocenters. The molecule has 6 heteroatoms. The molecule has 144 valence electrons. The predicted octanol–water partition coefficient (Wildman–Crippen LogP) is 2.24. The quantitative estimate of drug-likeness (QED) is 0.899. The minimum absolute atomic E-state index is 0.0677. The Kier molecular flexibility index (Phi) is 5.02. The summed E-state index contributed by atoms with van der Waals surface area (Å²) in [4.78, 5) is 25.2. The molecule has 1 fully saturated rings. The summed E-state index contributed by atoms with van der Waals surface area (Å²) in [5.41, 5.74) is 4.58. The highest BCUT2D eigenvalue weighted by Crippen LogP contribution is 2.42. The maximum absolute atomic E-state index is 12.8. The summed E-state index contributed by atoms with van der Waals surface area (Å²) in [6.07, 6.45) is 4.42. The monoisotopic (exact) mass is 368 g/mol. The number of carbonyl (C=O) groups is 1. The maximum atomic E-state index is 12.8. The Hall–Kier alpha value is -2.18. The number of piperidine rings is 1. The molecule has 27 heavy (non-hydrogen) atoms. The number of likely N-dealkylation sites (tertiary alicyclic amines) is 1. The van der Waals surface area contributed by atoms with Gasteiger partial charge in [0.2, 0.25) is 5.91 Å². The largest absolute Gasteiger partial charge is 0.375 e. The van der Waals surface area contributed by atoms with Crippen LogP contribution >= 0.6 is 0 Å². The van der Waals surface area contributed by atoms with Gasteiger partial charge in [-0.25, -0.2) is 4.98 Å². The number of nitrogens with zero attached hydrogens (tertiary/aromatic N) is 3. The third-order valence-corrected chi connectivity index (χ3v) is 6.04. The minimum Gasteiger partial charge on any atom is -0.375 e. The number of aryl methyl sites for hydroxylation is 1. The van der Waals surface area contributed by atoms with Crippen molar-refractivity contribution in [1.82, 2.24) is 19.8 Å². The molecule has 0 bridgehead atoms. The van der Waals surface area contributed by atoms with Crippen molar-refractivity contribution in [1.29, 1.82) is 0 Å². The van der Waals surface area contributed by atoms with Crippen molar-refractivity contribution in [3.05, 3.63) is 53.1 Å². The number of carbonyl (C=O) groups excluding carboxylic acids is 1. The fourth-order valence-electron chi connectivity index (χ4n) is 4.58. The second kappa shape index (κ2) is 7.44. The van der Waals surface area contributed by atoms with Gasteiger partial charge in [-0.15, -0.1) is 0 Å². The van der Waals surface area contributed by atoms with E-state index in [1.54, 1.807) is 13.4 Å². The molecular formula is C21H28N4O2. The van der Waals surface area contributed by atoms with Gasteiger partial charge in [-0.2, -0.15) is 0 Å². The molecule has 2 aromatic rings. The normalized spacial score (nSPS) is 19.3. The van der Waals surface area contributed by atoms with Gasteiger partial charge in [-0.1, -0.05) is 29.8 Å². The van der Waals surface area contributed by atoms with E-state index in [1.165, 1.54) is 16.8 Å². The van der Waals surface area contributed by atoms with Gasteiger partial charge in [-0.05, 0) is 25.3 Å². The molecule has 0 aliphatic carbocycles. The summed E-state index contributed by atoms with van der Waals surface area (Å²) in [5.74, 6) is 0.0677. The van der Waals surface area contributed by atoms with E-state index in [2.05, 4.69) is 46.1 Å². The number of imidazole rings is 1. The predicted molar refractivity (Wildman–Crippen MR) is 103 cm³/mol. The number of hydrogen-bond donors (Lipinski definition) is 1. The fourth-order valence-corrected chi connectivity index (χ4v) is 4.58. The third-order valence-electron chi connectivity index (χ3n) is 6.04. The number of fused-ring (bicyclic) bond motifs is 2. The molecule has 1 aromatic heterocycles. The van der Waals surface area contributed by atoms with Gasteiger partial charge in [0.05, 0.1) is 17.6 Å². The van der Waals surface area contributed by atoms with Crippen molar-refractivity contribution >= 4 is 5.91 Å². The first kappa shape index (κ1) is 18.2. The summed E-state index contributed by atoms with van der Waals surface area (Å²) < 4.78 is 5.14. The van der Waals surface area contributed by atoms with Gasteiger partial charge >= 0.3 is 0 Å². The number of rotatable bonds is 4. The average Bonchev–Trinajstić information content (AvgIpc) is 3.16.